The van der Waals surface area contributed by atoms with Gasteiger partial charge in [0.05, 0.1) is 11.6 Å². The van der Waals surface area contributed by atoms with Gasteiger partial charge in [0.1, 0.15) is 5.82 Å². The molecule has 2 N–H and O–H groups in total. The third-order valence-electron chi connectivity index (χ3n) is 4.22. The van der Waals surface area contributed by atoms with Gasteiger partial charge in [-0.25, -0.2) is 0 Å². The van der Waals surface area contributed by atoms with Crippen LogP contribution in [-0.2, 0) is 0 Å². The molecule has 0 spiro atoms. The number of nitrogens with zero attached hydrogens (tertiary/aromatic N) is 4. The van der Waals surface area contributed by atoms with Gasteiger partial charge >= 0.3 is 0 Å². The van der Waals surface area contributed by atoms with E-state index in [1.807, 2.05) is 0 Å². The van der Waals surface area contributed by atoms with Crippen molar-refractivity contribution in [1.29, 1.82) is 0 Å². The van der Waals surface area contributed by atoms with Gasteiger partial charge in [-0.2, -0.15) is 15.1 Å². The summed E-state index contributed by atoms with van der Waals surface area (Å²) in [5.74, 6) is 1.46. The number of H-pyrrole nitrogens is 1. The lowest BCUT2D eigenvalue weighted by Gasteiger charge is -2.15. The highest BCUT2D eigenvalue weighted by atomic mass is 35.5. The monoisotopic (exact) mass is 292 g/mol. The standard InChI is InChI=1S/C13H17ClN6/c14-13-17-11(10-6-16-19-12(10)18-13)15-5-8-3-4-20(7-8)9-1-2-9/h6,8-9H,1-5,7H2,(H2,15,16,17,18,19). The maximum Gasteiger partial charge on any atom is 0.226 e. The Morgan fingerprint density at radius 2 is 2.25 bits per heavy atom. The van der Waals surface area contributed by atoms with Gasteiger partial charge in [-0.1, -0.05) is 0 Å². The van der Waals surface area contributed by atoms with Crippen LogP contribution in [-0.4, -0.2) is 50.7 Å². The zero-order valence-electron chi connectivity index (χ0n) is 11.1. The summed E-state index contributed by atoms with van der Waals surface area (Å²) in [5, 5.41) is 11.4. The topological polar surface area (TPSA) is 69.7 Å². The molecule has 2 fully saturated rings. The predicted molar refractivity (Wildman–Crippen MR) is 77.9 cm³/mol. The van der Waals surface area contributed by atoms with Crippen LogP contribution < -0.4 is 5.32 Å². The van der Waals surface area contributed by atoms with Crippen LogP contribution in [0.25, 0.3) is 11.0 Å². The van der Waals surface area contributed by atoms with E-state index in [2.05, 4.69) is 30.4 Å². The summed E-state index contributed by atoms with van der Waals surface area (Å²) >= 11 is 5.93. The summed E-state index contributed by atoms with van der Waals surface area (Å²) in [7, 11) is 0. The van der Waals surface area contributed by atoms with Crippen LogP contribution in [0.5, 0.6) is 0 Å². The van der Waals surface area contributed by atoms with Crippen LogP contribution in [0, 0.1) is 5.92 Å². The Morgan fingerprint density at radius 3 is 3.10 bits per heavy atom. The lowest BCUT2D eigenvalue weighted by molar-refractivity contribution is 0.316. The Labute approximate surface area is 121 Å². The average molecular weight is 293 g/mol. The van der Waals surface area contributed by atoms with Gasteiger partial charge in [0.25, 0.3) is 0 Å². The van der Waals surface area contributed by atoms with Gasteiger partial charge in [0, 0.05) is 19.1 Å². The minimum atomic E-state index is 0.246. The van der Waals surface area contributed by atoms with Gasteiger partial charge < -0.3 is 10.2 Å². The number of halogens is 1. The normalized spacial score (nSPS) is 23.6. The quantitative estimate of drug-likeness (QED) is 0.842. The average Bonchev–Trinajstić information content (AvgIpc) is 2.99. The van der Waals surface area contributed by atoms with Gasteiger partial charge in [-0.05, 0) is 43.3 Å². The maximum absolute atomic E-state index is 5.93. The number of anilines is 1. The van der Waals surface area contributed by atoms with Gasteiger partial charge in [-0.15, -0.1) is 0 Å². The van der Waals surface area contributed by atoms with Crippen LogP contribution in [0.2, 0.25) is 5.28 Å². The molecule has 2 aromatic heterocycles. The number of rotatable bonds is 4. The van der Waals surface area contributed by atoms with E-state index in [0.717, 1.165) is 23.8 Å². The van der Waals surface area contributed by atoms with Gasteiger partial charge in [0.15, 0.2) is 5.65 Å². The largest absolute Gasteiger partial charge is 0.369 e. The highest BCUT2D eigenvalue weighted by molar-refractivity contribution is 6.28. The summed E-state index contributed by atoms with van der Waals surface area (Å²) in [6.07, 6.45) is 5.77. The van der Waals surface area contributed by atoms with E-state index >= 15 is 0 Å². The molecule has 0 amide bonds. The van der Waals surface area contributed by atoms with E-state index in [0.29, 0.717) is 11.6 Å². The van der Waals surface area contributed by atoms with E-state index in [1.54, 1.807) is 6.20 Å². The fourth-order valence-corrected chi connectivity index (χ4v) is 3.15. The van der Waals surface area contributed by atoms with Crippen molar-refractivity contribution in [2.75, 3.05) is 25.0 Å². The van der Waals surface area contributed by atoms with E-state index < -0.39 is 0 Å². The highest BCUT2D eigenvalue weighted by Crippen LogP contribution is 2.32. The Hall–Kier alpha value is -1.40. The van der Waals surface area contributed by atoms with Crippen molar-refractivity contribution in [2.24, 2.45) is 5.92 Å². The number of aromatic nitrogens is 4. The molecule has 0 radical (unpaired) electrons. The molecule has 2 aliphatic rings. The number of hydrogen-bond acceptors (Lipinski definition) is 5. The molecular weight excluding hydrogens is 276 g/mol. The summed E-state index contributed by atoms with van der Waals surface area (Å²) in [6.45, 7) is 3.37. The molecule has 1 aliphatic carbocycles. The molecule has 1 unspecified atom stereocenters. The van der Waals surface area contributed by atoms with Crippen molar-refractivity contribution in [2.45, 2.75) is 25.3 Å². The molecule has 1 saturated heterocycles. The molecule has 1 saturated carbocycles. The van der Waals surface area contributed by atoms with Crippen molar-refractivity contribution < 1.29 is 0 Å². The van der Waals surface area contributed by atoms with Gasteiger partial charge in [0.2, 0.25) is 5.28 Å². The minimum Gasteiger partial charge on any atom is -0.369 e. The molecule has 7 heteroatoms. The first-order chi connectivity index (χ1) is 9.79. The molecule has 4 rings (SSSR count). The fraction of sp³-hybridized carbons (Fsp3) is 0.615. The Bertz CT molecular complexity index is 622. The van der Waals surface area contributed by atoms with Crippen LogP contribution in [0.3, 0.4) is 0 Å². The minimum absolute atomic E-state index is 0.246. The zero-order chi connectivity index (χ0) is 13.5. The van der Waals surface area contributed by atoms with Crippen LogP contribution in [0.15, 0.2) is 6.20 Å². The molecule has 0 aromatic carbocycles. The lowest BCUT2D eigenvalue weighted by atomic mass is 10.1. The molecule has 1 atom stereocenters. The number of fused-ring (bicyclic) bond motifs is 1. The number of aromatic amines is 1. The second kappa shape index (κ2) is 4.86. The molecule has 106 valence electrons. The molecule has 1 aliphatic heterocycles. The van der Waals surface area contributed by atoms with Crippen molar-refractivity contribution in [3.63, 3.8) is 0 Å². The number of hydrogen-bond donors (Lipinski definition) is 2. The first-order valence-corrected chi connectivity index (χ1v) is 7.52. The van der Waals surface area contributed by atoms with E-state index in [9.17, 15) is 0 Å². The molecular formula is C13H17ClN6. The Morgan fingerprint density at radius 1 is 1.35 bits per heavy atom. The van der Waals surface area contributed by atoms with Crippen molar-refractivity contribution in [3.05, 3.63) is 11.5 Å². The maximum atomic E-state index is 5.93. The molecule has 6 nitrogen and oxygen atoms in total. The zero-order valence-corrected chi connectivity index (χ0v) is 11.9. The number of nitrogens with one attached hydrogen (secondary N) is 2. The fourth-order valence-electron chi connectivity index (χ4n) is 2.98. The van der Waals surface area contributed by atoms with E-state index in [-0.39, 0.29) is 5.28 Å². The highest BCUT2D eigenvalue weighted by Gasteiger charge is 2.34. The summed E-state index contributed by atoms with van der Waals surface area (Å²) in [4.78, 5) is 11.0. The molecule has 0 bridgehead atoms. The van der Waals surface area contributed by atoms with Crippen LogP contribution >= 0.6 is 11.6 Å². The summed E-state index contributed by atoms with van der Waals surface area (Å²) < 4.78 is 0. The molecule has 3 heterocycles. The van der Waals surface area contributed by atoms with E-state index in [1.165, 1.54) is 32.4 Å². The summed E-state index contributed by atoms with van der Waals surface area (Å²) in [5.41, 5.74) is 0.679. The molecule has 2 aromatic rings. The third-order valence-corrected chi connectivity index (χ3v) is 4.39. The van der Waals surface area contributed by atoms with Crippen LogP contribution in [0.4, 0.5) is 5.82 Å². The van der Waals surface area contributed by atoms with Gasteiger partial charge in [-0.3, -0.25) is 5.10 Å². The smallest absolute Gasteiger partial charge is 0.226 e. The SMILES string of the molecule is Clc1nc(NCC2CCN(C3CC3)C2)c2cn[nH]c2n1. The van der Waals surface area contributed by atoms with E-state index in [4.69, 9.17) is 11.6 Å². The first kappa shape index (κ1) is 12.3. The Balaban J connectivity index is 1.44. The lowest BCUT2D eigenvalue weighted by Crippen LogP contribution is -2.25. The predicted octanol–water partition coefficient (Wildman–Crippen LogP) is 1.90. The second-order valence-electron chi connectivity index (χ2n) is 5.74. The van der Waals surface area contributed by atoms with Crippen LogP contribution in [0.1, 0.15) is 19.3 Å². The third kappa shape index (κ3) is 2.33. The van der Waals surface area contributed by atoms with Crippen molar-refractivity contribution >= 4 is 28.5 Å². The number of likely N-dealkylation sites (tertiary alicyclic amines) is 1. The summed E-state index contributed by atoms with van der Waals surface area (Å²) in [6, 6.07) is 0.870. The second-order valence-corrected chi connectivity index (χ2v) is 6.07. The van der Waals surface area contributed by atoms with Crippen molar-refractivity contribution in [1.82, 2.24) is 25.1 Å². The Kier molecular flexibility index (Phi) is 3.00. The van der Waals surface area contributed by atoms with Crippen molar-refractivity contribution in [3.8, 4) is 0 Å². The first-order valence-electron chi connectivity index (χ1n) is 7.14. The molecule has 20 heavy (non-hydrogen) atoms.